The van der Waals surface area contributed by atoms with Gasteiger partial charge < -0.3 is 20.7 Å². The van der Waals surface area contributed by atoms with Crippen molar-refractivity contribution in [1.29, 1.82) is 0 Å². The zero-order valence-corrected chi connectivity index (χ0v) is 20.8. The average molecular weight is 482 g/mol. The van der Waals surface area contributed by atoms with Gasteiger partial charge in [-0.15, -0.1) is 11.3 Å². The lowest BCUT2D eigenvalue weighted by Gasteiger charge is -2.43. The van der Waals surface area contributed by atoms with E-state index in [0.717, 1.165) is 21.3 Å². The number of aromatic nitrogens is 2. The van der Waals surface area contributed by atoms with Crippen LogP contribution < -0.4 is 11.1 Å². The van der Waals surface area contributed by atoms with Crippen LogP contribution in [0.2, 0.25) is 0 Å². The summed E-state index contributed by atoms with van der Waals surface area (Å²) in [6, 6.07) is 7.51. The monoisotopic (exact) mass is 481 g/mol. The molecular weight excluding hydrogens is 450 g/mol. The van der Waals surface area contributed by atoms with Crippen LogP contribution in [0.4, 0.5) is 11.5 Å². The van der Waals surface area contributed by atoms with Crippen LogP contribution in [0.25, 0.3) is 10.2 Å². The third-order valence-electron chi connectivity index (χ3n) is 6.23. The number of likely N-dealkylation sites (tertiary alicyclic amines) is 1. The van der Waals surface area contributed by atoms with Crippen molar-refractivity contribution in [2.45, 2.75) is 58.8 Å². The largest absolute Gasteiger partial charge is 0.383 e. The van der Waals surface area contributed by atoms with E-state index < -0.39 is 11.8 Å². The van der Waals surface area contributed by atoms with E-state index in [-0.39, 0.29) is 24.2 Å². The number of amides is 2. The zero-order chi connectivity index (χ0) is 24.4. The molecule has 0 unspecified atom stereocenters. The van der Waals surface area contributed by atoms with Gasteiger partial charge in [0.2, 0.25) is 0 Å². The fourth-order valence-electron chi connectivity index (χ4n) is 4.48. The maximum Gasteiger partial charge on any atom is 0.313 e. The van der Waals surface area contributed by atoms with Gasteiger partial charge in [0, 0.05) is 12.5 Å². The summed E-state index contributed by atoms with van der Waals surface area (Å²) in [4.78, 5) is 36.6. The molecular formula is C25H31N5O3S. The molecule has 3 aromatic rings. The minimum absolute atomic E-state index is 0.0170. The minimum Gasteiger partial charge on any atom is -0.383 e. The highest BCUT2D eigenvalue weighted by atomic mass is 32.1. The molecule has 1 saturated heterocycles. The molecule has 8 nitrogen and oxygen atoms in total. The van der Waals surface area contributed by atoms with Gasteiger partial charge in [0.05, 0.1) is 45.9 Å². The van der Waals surface area contributed by atoms with Crippen molar-refractivity contribution in [2.75, 3.05) is 17.6 Å². The van der Waals surface area contributed by atoms with Gasteiger partial charge in [-0.05, 0) is 56.0 Å². The van der Waals surface area contributed by atoms with Crippen LogP contribution in [0.5, 0.6) is 0 Å². The third-order valence-corrected chi connectivity index (χ3v) is 7.04. The quantitative estimate of drug-likeness (QED) is 0.529. The molecule has 0 aliphatic carbocycles. The van der Waals surface area contributed by atoms with E-state index in [2.05, 4.69) is 22.2 Å². The number of rotatable bonds is 5. The van der Waals surface area contributed by atoms with Gasteiger partial charge in [-0.2, -0.15) is 0 Å². The predicted octanol–water partition coefficient (Wildman–Crippen LogP) is 4.18. The molecule has 0 spiro atoms. The summed E-state index contributed by atoms with van der Waals surface area (Å²) in [6.45, 7) is 8.46. The molecule has 2 aromatic heterocycles. The zero-order valence-electron chi connectivity index (χ0n) is 19.9. The lowest BCUT2D eigenvalue weighted by molar-refractivity contribution is -0.151. The molecule has 4 rings (SSSR count). The second-order valence-electron chi connectivity index (χ2n) is 9.07. The number of nitrogen functional groups attached to an aromatic ring is 1. The van der Waals surface area contributed by atoms with E-state index in [1.54, 1.807) is 22.3 Å². The smallest absolute Gasteiger partial charge is 0.313 e. The lowest BCUT2D eigenvalue weighted by Crippen LogP contribution is -2.51. The number of thiazole rings is 1. The Kier molecular flexibility index (Phi) is 7.13. The van der Waals surface area contributed by atoms with E-state index in [0.29, 0.717) is 30.9 Å². The molecule has 0 saturated carbocycles. The Balaban J connectivity index is 1.61. The second-order valence-corrected chi connectivity index (χ2v) is 9.95. The van der Waals surface area contributed by atoms with Crippen molar-refractivity contribution in [3.63, 3.8) is 0 Å². The molecule has 1 aliphatic rings. The van der Waals surface area contributed by atoms with Gasteiger partial charge in [-0.3, -0.25) is 9.59 Å². The van der Waals surface area contributed by atoms with E-state index in [1.807, 2.05) is 44.5 Å². The number of fused-ring (bicyclic) bond motifs is 1. The first-order valence-electron chi connectivity index (χ1n) is 11.6. The van der Waals surface area contributed by atoms with Crippen LogP contribution >= 0.6 is 11.3 Å². The number of benzene rings is 1. The Bertz CT molecular complexity index is 1190. The van der Waals surface area contributed by atoms with Crippen molar-refractivity contribution in [3.8, 4) is 0 Å². The maximum absolute atomic E-state index is 13.4. The van der Waals surface area contributed by atoms with Crippen LogP contribution in [0.3, 0.4) is 0 Å². The first-order chi connectivity index (χ1) is 16.3. The Hall–Kier alpha value is -3.04. The number of ether oxygens (including phenoxy) is 1. The minimum atomic E-state index is -0.691. The van der Waals surface area contributed by atoms with Crippen LogP contribution in [0.1, 0.15) is 51.3 Å². The molecule has 3 heterocycles. The van der Waals surface area contributed by atoms with E-state index >= 15 is 0 Å². The maximum atomic E-state index is 13.4. The summed E-state index contributed by atoms with van der Waals surface area (Å²) >= 11 is 1.57. The Morgan fingerprint density at radius 1 is 1.29 bits per heavy atom. The molecule has 3 atom stereocenters. The van der Waals surface area contributed by atoms with Gasteiger partial charge in [-0.1, -0.05) is 19.9 Å². The molecule has 9 heteroatoms. The van der Waals surface area contributed by atoms with Crippen molar-refractivity contribution < 1.29 is 14.3 Å². The van der Waals surface area contributed by atoms with Crippen molar-refractivity contribution >= 4 is 44.9 Å². The number of carbonyl (C=O) groups excluding carboxylic acids is 2. The van der Waals surface area contributed by atoms with Crippen LogP contribution in [0, 0.1) is 5.92 Å². The van der Waals surface area contributed by atoms with Crippen molar-refractivity contribution in [3.05, 3.63) is 47.1 Å². The summed E-state index contributed by atoms with van der Waals surface area (Å²) in [7, 11) is 0. The Morgan fingerprint density at radius 2 is 2.09 bits per heavy atom. The number of aryl methyl sites for hydroxylation is 1. The molecule has 0 radical (unpaired) electrons. The SMILES string of the molecule is CCc1cc(NC(=O)C(=O)N2C[C@H](C)[C@@H](OC(C)C)C[C@H]2c2ccc3scnc3c2)cnc1N. The molecule has 2 amide bonds. The summed E-state index contributed by atoms with van der Waals surface area (Å²) in [5, 5.41) is 2.71. The number of carbonyl (C=O) groups is 2. The number of nitrogens with zero attached hydrogens (tertiary/aromatic N) is 3. The van der Waals surface area contributed by atoms with Gasteiger partial charge in [0.15, 0.2) is 0 Å². The standard InChI is InChI=1S/C25H31N5O3S/c1-5-16-8-18(11-27-23(16)26)29-24(31)25(32)30-12-15(4)21(33-14(2)3)10-20(30)17-6-7-22-19(9-17)28-13-34-22/h6-9,11,13-15,20-21H,5,10,12H2,1-4H3,(H2,26,27)(H,29,31)/t15-,20-,21-/m0/s1. The molecule has 1 fully saturated rings. The van der Waals surface area contributed by atoms with Gasteiger partial charge in [0.25, 0.3) is 0 Å². The van der Waals surface area contributed by atoms with Gasteiger partial charge in [-0.25, -0.2) is 9.97 Å². The van der Waals surface area contributed by atoms with Gasteiger partial charge in [0.1, 0.15) is 5.82 Å². The summed E-state index contributed by atoms with van der Waals surface area (Å²) in [5.74, 6) is -0.759. The number of nitrogens with two attached hydrogens (primary N) is 1. The molecule has 180 valence electrons. The van der Waals surface area contributed by atoms with Crippen LogP contribution in [-0.2, 0) is 20.7 Å². The third kappa shape index (κ3) is 5.05. The highest BCUT2D eigenvalue weighted by Gasteiger charge is 2.39. The van der Waals surface area contributed by atoms with Gasteiger partial charge >= 0.3 is 11.8 Å². The predicted molar refractivity (Wildman–Crippen MR) is 135 cm³/mol. The average Bonchev–Trinajstić information content (AvgIpc) is 3.28. The number of piperidine rings is 1. The molecule has 1 aromatic carbocycles. The first kappa shape index (κ1) is 24.1. The number of hydrogen-bond donors (Lipinski definition) is 2. The van der Waals surface area contributed by atoms with Crippen molar-refractivity contribution in [2.24, 2.45) is 5.92 Å². The number of nitrogens with one attached hydrogen (secondary N) is 1. The van der Waals surface area contributed by atoms with E-state index in [1.165, 1.54) is 6.20 Å². The molecule has 0 bridgehead atoms. The highest BCUT2D eigenvalue weighted by molar-refractivity contribution is 7.16. The Labute approximate surface area is 203 Å². The topological polar surface area (TPSA) is 110 Å². The fourth-order valence-corrected chi connectivity index (χ4v) is 5.14. The molecule has 3 N–H and O–H groups in total. The van der Waals surface area contributed by atoms with E-state index in [9.17, 15) is 9.59 Å². The normalized spacial score (nSPS) is 20.6. The summed E-state index contributed by atoms with van der Waals surface area (Å²) in [5.41, 5.74) is 10.8. The van der Waals surface area contributed by atoms with Crippen LogP contribution in [-0.4, -0.2) is 45.4 Å². The summed E-state index contributed by atoms with van der Waals surface area (Å²) < 4.78 is 7.26. The molecule has 1 aliphatic heterocycles. The number of hydrogen-bond acceptors (Lipinski definition) is 7. The first-order valence-corrected chi connectivity index (χ1v) is 12.5. The Morgan fingerprint density at radius 3 is 2.82 bits per heavy atom. The van der Waals surface area contributed by atoms with E-state index in [4.69, 9.17) is 10.5 Å². The summed E-state index contributed by atoms with van der Waals surface area (Å²) in [6.07, 6.45) is 2.82. The lowest BCUT2D eigenvalue weighted by atomic mass is 9.87. The highest BCUT2D eigenvalue weighted by Crippen LogP contribution is 2.37. The number of pyridine rings is 1. The fraction of sp³-hybridized carbons (Fsp3) is 0.440. The van der Waals surface area contributed by atoms with Crippen molar-refractivity contribution in [1.82, 2.24) is 14.9 Å². The number of anilines is 2. The molecule has 34 heavy (non-hydrogen) atoms. The van der Waals surface area contributed by atoms with Crippen LogP contribution in [0.15, 0.2) is 36.0 Å². The second kappa shape index (κ2) is 10.1.